The molecule has 9 heteroatoms. The Morgan fingerprint density at radius 2 is 1.81 bits per heavy atom. The van der Waals surface area contributed by atoms with Gasteiger partial charge in [0.25, 0.3) is 5.91 Å². The topological polar surface area (TPSA) is 85.4 Å². The first-order chi connectivity index (χ1) is 14.5. The molecule has 0 saturated carbocycles. The van der Waals surface area contributed by atoms with Crippen LogP contribution in [0.4, 0.5) is 10.1 Å². The lowest BCUT2D eigenvalue weighted by molar-refractivity contribution is 0.102. The van der Waals surface area contributed by atoms with Gasteiger partial charge in [0.1, 0.15) is 17.3 Å². The second-order valence-corrected chi connectivity index (χ2v) is 9.22. The Labute approximate surface area is 186 Å². The van der Waals surface area contributed by atoms with E-state index < -0.39 is 22.4 Å². The summed E-state index contributed by atoms with van der Waals surface area (Å²) in [5.41, 5.74) is 1.08. The number of pyridine rings is 1. The number of nitrogens with one attached hydrogen (secondary N) is 1. The Bertz CT molecular complexity index is 1210. The third kappa shape index (κ3) is 5.59. The van der Waals surface area contributed by atoms with Crippen molar-refractivity contribution >= 4 is 33.9 Å². The maximum Gasteiger partial charge on any atom is 0.259 e. The molecule has 0 unspecified atom stereocenters. The number of aromatic nitrogens is 1. The number of ether oxygens (including phenoxy) is 1. The maximum absolute atomic E-state index is 13.4. The van der Waals surface area contributed by atoms with Crippen LogP contribution >= 0.6 is 11.6 Å². The fraction of sp³-hybridized carbons (Fsp3) is 0.182. The first-order valence-corrected chi connectivity index (χ1v) is 10.8. The Morgan fingerprint density at radius 3 is 2.45 bits per heavy atom. The number of anilines is 1. The molecule has 1 N–H and O–H groups in total. The summed E-state index contributed by atoms with van der Waals surface area (Å²) in [7, 11) is -2.84. The number of hydrogen-bond donors (Lipinski definition) is 2. The monoisotopic (exact) mass is 462 g/mol. The van der Waals surface area contributed by atoms with Gasteiger partial charge in [-0.05, 0) is 47.4 Å². The molecule has 6 nitrogen and oxygen atoms in total. The standard InChI is InChI=1S/C22H20ClFN2O4S/c1-22(2,3)13-4-6-17(20(8-13)30-19-7-5-14(24)9-18(19)23)21(27)26-15-10-16(31(28)29)12-25-11-15/h4-12,31H,1-3H3,(H,26,27). The van der Waals surface area contributed by atoms with Gasteiger partial charge in [0.2, 0.25) is 0 Å². The highest BCUT2D eigenvalue weighted by atomic mass is 35.5. The van der Waals surface area contributed by atoms with Crippen LogP contribution in [0.15, 0.2) is 59.8 Å². The zero-order valence-corrected chi connectivity index (χ0v) is 18.6. The summed E-state index contributed by atoms with van der Waals surface area (Å²) >= 11 is 6.09. The summed E-state index contributed by atoms with van der Waals surface area (Å²) < 4.78 is 41.6. The molecule has 1 aromatic heterocycles. The summed E-state index contributed by atoms with van der Waals surface area (Å²) in [4.78, 5) is 16.7. The van der Waals surface area contributed by atoms with Gasteiger partial charge in [0, 0.05) is 6.20 Å². The van der Waals surface area contributed by atoms with E-state index in [9.17, 15) is 17.6 Å². The molecule has 0 aliphatic carbocycles. The molecule has 0 spiro atoms. The molecular formula is C22H20ClFN2O4S. The third-order valence-corrected chi connectivity index (χ3v) is 5.36. The van der Waals surface area contributed by atoms with Gasteiger partial charge in [-0.15, -0.1) is 0 Å². The normalized spacial score (nSPS) is 11.4. The minimum Gasteiger partial charge on any atom is -0.455 e. The van der Waals surface area contributed by atoms with E-state index in [1.807, 2.05) is 20.8 Å². The van der Waals surface area contributed by atoms with Crippen molar-refractivity contribution in [3.8, 4) is 11.5 Å². The summed E-state index contributed by atoms with van der Waals surface area (Å²) in [6.07, 6.45) is 2.52. The molecule has 0 atom stereocenters. The molecule has 162 valence electrons. The van der Waals surface area contributed by atoms with Crippen LogP contribution < -0.4 is 10.1 Å². The molecule has 0 bridgehead atoms. The molecule has 1 amide bonds. The minimum atomic E-state index is -2.84. The molecule has 3 rings (SSSR count). The number of hydrogen-bond acceptors (Lipinski definition) is 5. The van der Waals surface area contributed by atoms with Gasteiger partial charge in [-0.1, -0.05) is 38.4 Å². The van der Waals surface area contributed by atoms with E-state index in [-0.39, 0.29) is 38.1 Å². The van der Waals surface area contributed by atoms with Crippen LogP contribution in [0.25, 0.3) is 0 Å². The van der Waals surface area contributed by atoms with Gasteiger partial charge >= 0.3 is 0 Å². The minimum absolute atomic E-state index is 0.0227. The Kier molecular flexibility index (Phi) is 6.62. The summed E-state index contributed by atoms with van der Waals surface area (Å²) in [6, 6.07) is 10.1. The van der Waals surface area contributed by atoms with Crippen molar-refractivity contribution in [2.24, 2.45) is 0 Å². The maximum atomic E-state index is 13.4. The van der Waals surface area contributed by atoms with Gasteiger partial charge < -0.3 is 10.1 Å². The van der Waals surface area contributed by atoms with E-state index >= 15 is 0 Å². The lowest BCUT2D eigenvalue weighted by atomic mass is 9.86. The van der Waals surface area contributed by atoms with Crippen molar-refractivity contribution < 1.29 is 22.3 Å². The number of halogens is 2. The van der Waals surface area contributed by atoms with Gasteiger partial charge in [0.05, 0.1) is 27.4 Å². The number of thiol groups is 1. The van der Waals surface area contributed by atoms with Crippen LogP contribution in [0.5, 0.6) is 11.5 Å². The van der Waals surface area contributed by atoms with Gasteiger partial charge in [-0.3, -0.25) is 9.78 Å². The summed E-state index contributed by atoms with van der Waals surface area (Å²) in [5.74, 6) is -0.635. The molecule has 2 aromatic carbocycles. The smallest absolute Gasteiger partial charge is 0.259 e. The molecular weight excluding hydrogens is 443 g/mol. The van der Waals surface area contributed by atoms with Crippen molar-refractivity contribution in [1.29, 1.82) is 0 Å². The van der Waals surface area contributed by atoms with Crippen molar-refractivity contribution in [2.75, 3.05) is 5.32 Å². The summed E-state index contributed by atoms with van der Waals surface area (Å²) in [5, 5.41) is 2.68. The fourth-order valence-electron chi connectivity index (χ4n) is 2.73. The number of rotatable bonds is 5. The van der Waals surface area contributed by atoms with Crippen molar-refractivity contribution in [1.82, 2.24) is 4.98 Å². The lowest BCUT2D eigenvalue weighted by Gasteiger charge is -2.21. The third-order valence-electron chi connectivity index (χ3n) is 4.40. The zero-order valence-electron chi connectivity index (χ0n) is 17.0. The molecule has 0 aliphatic heterocycles. The SMILES string of the molecule is CC(C)(C)c1ccc(C(=O)Nc2cncc([SH](=O)=O)c2)c(Oc2ccc(F)cc2Cl)c1. The lowest BCUT2D eigenvalue weighted by Crippen LogP contribution is -2.16. The Hall–Kier alpha value is -2.97. The number of nitrogens with zero attached hydrogens (tertiary/aromatic N) is 1. The van der Waals surface area contributed by atoms with E-state index in [1.165, 1.54) is 30.6 Å². The van der Waals surface area contributed by atoms with E-state index in [2.05, 4.69) is 10.3 Å². The molecule has 1 heterocycles. The Morgan fingerprint density at radius 1 is 1.06 bits per heavy atom. The average molecular weight is 463 g/mol. The van der Waals surface area contributed by atoms with Crippen molar-refractivity contribution in [3.05, 3.63) is 76.8 Å². The second kappa shape index (κ2) is 9.03. The molecule has 3 aromatic rings. The quantitative estimate of drug-likeness (QED) is 0.510. The number of carbonyl (C=O) groups is 1. The summed E-state index contributed by atoms with van der Waals surface area (Å²) in [6.45, 7) is 6.04. The predicted molar refractivity (Wildman–Crippen MR) is 117 cm³/mol. The highest BCUT2D eigenvalue weighted by Crippen LogP contribution is 2.35. The fourth-order valence-corrected chi connectivity index (χ4v) is 3.34. The van der Waals surface area contributed by atoms with E-state index in [0.29, 0.717) is 0 Å². The van der Waals surface area contributed by atoms with Gasteiger partial charge in [-0.25, -0.2) is 12.8 Å². The molecule has 0 saturated heterocycles. The van der Waals surface area contributed by atoms with Gasteiger partial charge in [-0.2, -0.15) is 0 Å². The van der Waals surface area contributed by atoms with Gasteiger partial charge in [0.15, 0.2) is 10.7 Å². The van der Waals surface area contributed by atoms with Crippen LogP contribution in [0, 0.1) is 5.82 Å². The van der Waals surface area contributed by atoms with Crippen LogP contribution in [-0.4, -0.2) is 19.3 Å². The van der Waals surface area contributed by atoms with Crippen LogP contribution in [0.1, 0.15) is 36.7 Å². The molecule has 0 aliphatic rings. The second-order valence-electron chi connectivity index (χ2n) is 7.78. The largest absolute Gasteiger partial charge is 0.455 e. The van der Waals surface area contributed by atoms with Crippen LogP contribution in [0.3, 0.4) is 0 Å². The number of amides is 1. The predicted octanol–water partition coefficient (Wildman–Crippen LogP) is 5.19. The highest BCUT2D eigenvalue weighted by Gasteiger charge is 2.21. The first kappa shape index (κ1) is 22.7. The molecule has 0 radical (unpaired) electrons. The van der Waals surface area contributed by atoms with Crippen LogP contribution in [0.2, 0.25) is 5.02 Å². The average Bonchev–Trinajstić information content (AvgIpc) is 2.69. The first-order valence-electron chi connectivity index (χ1n) is 9.23. The molecule has 31 heavy (non-hydrogen) atoms. The number of benzene rings is 2. The van der Waals surface area contributed by atoms with E-state index in [0.717, 1.165) is 11.6 Å². The molecule has 0 fully saturated rings. The van der Waals surface area contributed by atoms with Crippen LogP contribution in [-0.2, 0) is 16.1 Å². The number of carbonyl (C=O) groups excluding carboxylic acids is 1. The van der Waals surface area contributed by atoms with Crippen molar-refractivity contribution in [3.63, 3.8) is 0 Å². The highest BCUT2D eigenvalue weighted by molar-refractivity contribution is 7.72. The van der Waals surface area contributed by atoms with E-state index in [1.54, 1.807) is 18.2 Å². The van der Waals surface area contributed by atoms with E-state index in [4.69, 9.17) is 16.3 Å². The Balaban J connectivity index is 2.00. The zero-order chi connectivity index (χ0) is 22.8. The van der Waals surface area contributed by atoms with Crippen molar-refractivity contribution in [2.45, 2.75) is 31.1 Å².